The van der Waals surface area contributed by atoms with Gasteiger partial charge in [0.05, 0.1) is 23.4 Å². The molecule has 0 aromatic carbocycles. The number of nitrogens with zero attached hydrogens (tertiary/aromatic N) is 3. The fourth-order valence-electron chi connectivity index (χ4n) is 1.73. The number of hydrogen-bond donors (Lipinski definition) is 0. The first-order valence-corrected chi connectivity index (χ1v) is 5.52. The third-order valence-electron chi connectivity index (χ3n) is 2.78. The molecule has 0 amide bonds. The van der Waals surface area contributed by atoms with Crippen LogP contribution in [0.3, 0.4) is 0 Å². The average Bonchev–Trinajstić information content (AvgIpc) is 2.53. The van der Waals surface area contributed by atoms with Crippen molar-refractivity contribution in [3.05, 3.63) is 23.1 Å². The van der Waals surface area contributed by atoms with E-state index in [1.807, 2.05) is 18.5 Å². The Morgan fingerprint density at radius 1 is 1.41 bits per heavy atom. The molecule has 0 saturated heterocycles. The summed E-state index contributed by atoms with van der Waals surface area (Å²) in [5, 5.41) is 0. The number of hydrogen-bond acceptors (Lipinski definition) is 4. The first-order valence-electron chi connectivity index (χ1n) is 5.52. The molecule has 0 aliphatic rings. The first-order chi connectivity index (χ1) is 8.04. The Labute approximate surface area is 99.4 Å². The second-order valence-corrected chi connectivity index (χ2v) is 3.90. The van der Waals surface area contributed by atoms with E-state index in [1.54, 1.807) is 19.9 Å². The highest BCUT2D eigenvalue weighted by molar-refractivity contribution is 5.93. The molecule has 0 spiro atoms. The maximum absolute atomic E-state index is 11.7. The van der Waals surface area contributed by atoms with Gasteiger partial charge < -0.3 is 9.30 Å². The van der Waals surface area contributed by atoms with Crippen LogP contribution in [0.4, 0.5) is 0 Å². The summed E-state index contributed by atoms with van der Waals surface area (Å²) in [4.78, 5) is 20.4. The summed E-state index contributed by atoms with van der Waals surface area (Å²) in [6.45, 7) is 5.84. The van der Waals surface area contributed by atoms with Gasteiger partial charge in [0, 0.05) is 7.05 Å². The zero-order chi connectivity index (χ0) is 12.6. The van der Waals surface area contributed by atoms with E-state index in [1.165, 1.54) is 0 Å². The standard InChI is InChI=1S/C12H15N3O2/c1-5-17-12(16)9-6-10-11(13-7(9)2)14-8(3)15(10)4/h6H,5H2,1-4H3. The van der Waals surface area contributed by atoms with E-state index in [0.717, 1.165) is 11.3 Å². The van der Waals surface area contributed by atoms with Gasteiger partial charge in [-0.3, -0.25) is 0 Å². The second-order valence-electron chi connectivity index (χ2n) is 3.90. The Balaban J connectivity index is 2.61. The molecule has 2 heterocycles. The van der Waals surface area contributed by atoms with Crippen molar-refractivity contribution in [3.8, 4) is 0 Å². The maximum atomic E-state index is 11.7. The van der Waals surface area contributed by atoms with Crippen LogP contribution >= 0.6 is 0 Å². The third-order valence-corrected chi connectivity index (χ3v) is 2.78. The van der Waals surface area contributed by atoms with Crippen LogP contribution in [0.25, 0.3) is 11.2 Å². The predicted molar refractivity (Wildman–Crippen MR) is 63.9 cm³/mol. The molecule has 0 N–H and O–H groups in total. The number of pyridine rings is 1. The summed E-state index contributed by atoms with van der Waals surface area (Å²) in [5.41, 5.74) is 2.66. The van der Waals surface area contributed by atoms with Gasteiger partial charge in [-0.2, -0.15) is 0 Å². The van der Waals surface area contributed by atoms with Gasteiger partial charge in [0.25, 0.3) is 0 Å². The van der Waals surface area contributed by atoms with E-state index in [2.05, 4.69) is 9.97 Å². The molecule has 2 rings (SSSR count). The molecule has 0 bridgehead atoms. The molecule has 0 fully saturated rings. The van der Waals surface area contributed by atoms with Crippen LogP contribution in [0.1, 0.15) is 28.8 Å². The fraction of sp³-hybridized carbons (Fsp3) is 0.417. The number of esters is 1. The monoisotopic (exact) mass is 233 g/mol. The third kappa shape index (κ3) is 1.88. The maximum Gasteiger partial charge on any atom is 0.340 e. The van der Waals surface area contributed by atoms with Gasteiger partial charge in [-0.15, -0.1) is 0 Å². The molecule has 0 radical (unpaired) electrons. The van der Waals surface area contributed by atoms with E-state index >= 15 is 0 Å². The first kappa shape index (κ1) is 11.6. The van der Waals surface area contributed by atoms with Crippen molar-refractivity contribution in [2.24, 2.45) is 7.05 Å². The van der Waals surface area contributed by atoms with E-state index in [9.17, 15) is 4.79 Å². The van der Waals surface area contributed by atoms with E-state index in [0.29, 0.717) is 23.5 Å². The largest absolute Gasteiger partial charge is 0.462 e. The van der Waals surface area contributed by atoms with Crippen molar-refractivity contribution in [1.82, 2.24) is 14.5 Å². The fourth-order valence-corrected chi connectivity index (χ4v) is 1.73. The lowest BCUT2D eigenvalue weighted by molar-refractivity contribution is 0.0525. The van der Waals surface area contributed by atoms with Crippen molar-refractivity contribution < 1.29 is 9.53 Å². The Kier molecular flexibility index (Phi) is 2.83. The normalized spacial score (nSPS) is 10.8. The Bertz CT molecular complexity index is 587. The van der Waals surface area contributed by atoms with Crippen LogP contribution in [0, 0.1) is 13.8 Å². The summed E-state index contributed by atoms with van der Waals surface area (Å²) in [5.74, 6) is 0.533. The Morgan fingerprint density at radius 2 is 2.12 bits per heavy atom. The van der Waals surface area contributed by atoms with E-state index < -0.39 is 0 Å². The van der Waals surface area contributed by atoms with E-state index in [-0.39, 0.29) is 5.97 Å². The molecule has 0 saturated carbocycles. The number of imidazole rings is 1. The quantitative estimate of drug-likeness (QED) is 0.742. The number of carbonyl (C=O) groups excluding carboxylic acids is 1. The van der Waals surface area contributed by atoms with Gasteiger partial charge in [-0.1, -0.05) is 0 Å². The van der Waals surface area contributed by atoms with Crippen molar-refractivity contribution in [1.29, 1.82) is 0 Å². The topological polar surface area (TPSA) is 57.0 Å². The van der Waals surface area contributed by atoms with Crippen molar-refractivity contribution >= 4 is 17.1 Å². The molecule has 90 valence electrons. The highest BCUT2D eigenvalue weighted by Crippen LogP contribution is 2.17. The molecule has 5 nitrogen and oxygen atoms in total. The van der Waals surface area contributed by atoms with Gasteiger partial charge in [0.15, 0.2) is 5.65 Å². The SMILES string of the molecule is CCOC(=O)c1cc2c(nc1C)nc(C)n2C. The molecular formula is C12H15N3O2. The minimum absolute atomic E-state index is 0.335. The lowest BCUT2D eigenvalue weighted by Crippen LogP contribution is -2.08. The molecule has 2 aromatic heterocycles. The molecule has 5 heteroatoms. The van der Waals surface area contributed by atoms with Gasteiger partial charge in [0.1, 0.15) is 5.82 Å². The Hall–Kier alpha value is -1.91. The number of carbonyl (C=O) groups is 1. The summed E-state index contributed by atoms with van der Waals surface area (Å²) in [6.07, 6.45) is 0. The van der Waals surface area contributed by atoms with Crippen molar-refractivity contribution in [2.75, 3.05) is 6.61 Å². The summed E-state index contributed by atoms with van der Waals surface area (Å²) in [6, 6.07) is 1.79. The molecule has 0 aliphatic heterocycles. The lowest BCUT2D eigenvalue weighted by atomic mass is 10.2. The van der Waals surface area contributed by atoms with Crippen LogP contribution in [0.15, 0.2) is 6.07 Å². The van der Waals surface area contributed by atoms with Crippen LogP contribution in [0.2, 0.25) is 0 Å². The summed E-state index contributed by atoms with van der Waals surface area (Å²) >= 11 is 0. The van der Waals surface area contributed by atoms with Crippen LogP contribution in [-0.4, -0.2) is 27.1 Å². The van der Waals surface area contributed by atoms with Gasteiger partial charge >= 0.3 is 5.97 Å². The highest BCUT2D eigenvalue weighted by atomic mass is 16.5. The summed E-state index contributed by atoms with van der Waals surface area (Å²) < 4.78 is 6.90. The van der Waals surface area contributed by atoms with Gasteiger partial charge in [-0.25, -0.2) is 14.8 Å². The zero-order valence-electron chi connectivity index (χ0n) is 10.4. The van der Waals surface area contributed by atoms with Gasteiger partial charge in [-0.05, 0) is 26.8 Å². The average molecular weight is 233 g/mol. The highest BCUT2D eigenvalue weighted by Gasteiger charge is 2.15. The molecule has 0 unspecified atom stereocenters. The molecule has 0 atom stereocenters. The minimum atomic E-state index is -0.335. The zero-order valence-corrected chi connectivity index (χ0v) is 10.4. The van der Waals surface area contributed by atoms with Crippen LogP contribution < -0.4 is 0 Å². The molecule has 0 aliphatic carbocycles. The smallest absolute Gasteiger partial charge is 0.340 e. The van der Waals surface area contributed by atoms with Crippen molar-refractivity contribution in [2.45, 2.75) is 20.8 Å². The summed E-state index contributed by atoms with van der Waals surface area (Å²) in [7, 11) is 1.90. The number of fused-ring (bicyclic) bond motifs is 1. The number of rotatable bonds is 2. The number of aryl methyl sites for hydroxylation is 3. The van der Waals surface area contributed by atoms with Gasteiger partial charge in [0.2, 0.25) is 0 Å². The molecule has 2 aromatic rings. The number of ether oxygens (including phenoxy) is 1. The Morgan fingerprint density at radius 3 is 2.76 bits per heavy atom. The molecular weight excluding hydrogens is 218 g/mol. The second kappa shape index (κ2) is 4.16. The van der Waals surface area contributed by atoms with E-state index in [4.69, 9.17) is 4.74 Å². The molecule has 17 heavy (non-hydrogen) atoms. The van der Waals surface area contributed by atoms with Crippen molar-refractivity contribution in [3.63, 3.8) is 0 Å². The van der Waals surface area contributed by atoms with Crippen LogP contribution in [-0.2, 0) is 11.8 Å². The lowest BCUT2D eigenvalue weighted by Gasteiger charge is -2.05. The predicted octanol–water partition coefficient (Wildman–Crippen LogP) is 1.76. The number of aromatic nitrogens is 3. The van der Waals surface area contributed by atoms with Crippen LogP contribution in [0.5, 0.6) is 0 Å². The minimum Gasteiger partial charge on any atom is -0.462 e.